The van der Waals surface area contributed by atoms with Gasteiger partial charge in [-0.2, -0.15) is 0 Å². The van der Waals surface area contributed by atoms with Gasteiger partial charge in [0.1, 0.15) is 11.6 Å². The van der Waals surface area contributed by atoms with Crippen LogP contribution in [0.2, 0.25) is 0 Å². The first kappa shape index (κ1) is 28.3. The van der Waals surface area contributed by atoms with Crippen molar-refractivity contribution in [3.05, 3.63) is 121 Å². The van der Waals surface area contributed by atoms with Gasteiger partial charge in [0.15, 0.2) is 0 Å². The van der Waals surface area contributed by atoms with E-state index in [0.29, 0.717) is 34.9 Å². The van der Waals surface area contributed by atoms with Crippen molar-refractivity contribution < 1.29 is 4.39 Å². The Hall–Kier alpha value is -4.29. The summed E-state index contributed by atoms with van der Waals surface area (Å²) in [6.07, 6.45) is 9.15. The zero-order valence-corrected chi connectivity index (χ0v) is 22.9. The van der Waals surface area contributed by atoms with E-state index in [1.54, 1.807) is 25.5 Å². The molecule has 5 nitrogen and oxygen atoms in total. The number of benzene rings is 1. The molecule has 0 aliphatic rings. The lowest BCUT2D eigenvalue weighted by Crippen LogP contribution is -2.14. The second-order valence-corrected chi connectivity index (χ2v) is 9.16. The average Bonchev–Trinajstić information content (AvgIpc) is 2.92. The van der Waals surface area contributed by atoms with Gasteiger partial charge in [0, 0.05) is 59.6 Å². The molecule has 1 aromatic carbocycles. The van der Waals surface area contributed by atoms with E-state index in [0.717, 1.165) is 33.5 Å². The maximum atomic E-state index is 15.3. The monoisotopic (exact) mass is 509 g/mol. The zero-order valence-electron chi connectivity index (χ0n) is 22.9. The maximum absolute atomic E-state index is 15.3. The summed E-state index contributed by atoms with van der Waals surface area (Å²) in [5.74, 6) is 0.326. The number of allylic oxidation sites excluding steroid dienone is 4. The molecular formula is C32H36FN5. The number of aromatic nitrogens is 2. The maximum Gasteiger partial charge on any atom is 0.133 e. The predicted molar refractivity (Wildman–Crippen MR) is 160 cm³/mol. The number of anilines is 2. The fourth-order valence-corrected chi connectivity index (χ4v) is 4.14. The highest BCUT2D eigenvalue weighted by molar-refractivity contribution is 5.89. The molecule has 196 valence electrons. The van der Waals surface area contributed by atoms with Gasteiger partial charge in [-0.25, -0.2) is 9.37 Å². The van der Waals surface area contributed by atoms with Crippen LogP contribution in [0.15, 0.2) is 98.0 Å². The number of hydrogen-bond acceptors (Lipinski definition) is 5. The summed E-state index contributed by atoms with van der Waals surface area (Å²) >= 11 is 0. The average molecular weight is 510 g/mol. The molecule has 3 aromatic rings. The van der Waals surface area contributed by atoms with Crippen molar-refractivity contribution in [2.24, 2.45) is 0 Å². The fraction of sp³-hybridized carbons (Fsp3) is 0.188. The second-order valence-electron chi connectivity index (χ2n) is 9.16. The summed E-state index contributed by atoms with van der Waals surface area (Å²) < 4.78 is 15.3. The number of nitrogens with one attached hydrogen (secondary N) is 2. The Kier molecular flexibility index (Phi) is 9.52. The highest BCUT2D eigenvalue weighted by Crippen LogP contribution is 2.34. The number of nitrogens with zero attached hydrogens (tertiary/aromatic N) is 3. The van der Waals surface area contributed by atoms with Gasteiger partial charge in [-0.15, -0.1) is 0 Å². The summed E-state index contributed by atoms with van der Waals surface area (Å²) in [4.78, 5) is 11.0. The third kappa shape index (κ3) is 6.52. The lowest BCUT2D eigenvalue weighted by Gasteiger charge is -2.19. The molecule has 6 heteroatoms. The van der Waals surface area contributed by atoms with E-state index in [4.69, 9.17) is 0 Å². The number of rotatable bonds is 11. The van der Waals surface area contributed by atoms with Gasteiger partial charge in [-0.1, -0.05) is 44.0 Å². The van der Waals surface area contributed by atoms with Crippen molar-refractivity contribution in [3.63, 3.8) is 0 Å². The molecule has 0 radical (unpaired) electrons. The van der Waals surface area contributed by atoms with E-state index in [1.807, 2.05) is 75.3 Å². The molecule has 0 unspecified atom stereocenters. The Morgan fingerprint density at radius 3 is 2.45 bits per heavy atom. The summed E-state index contributed by atoms with van der Waals surface area (Å²) in [6, 6.07) is 11.0. The molecule has 0 saturated carbocycles. The molecule has 0 aliphatic heterocycles. The van der Waals surface area contributed by atoms with Gasteiger partial charge in [-0.3, -0.25) is 4.98 Å². The molecule has 0 atom stereocenters. The lowest BCUT2D eigenvalue weighted by atomic mass is 9.94. The molecule has 0 saturated heterocycles. The normalized spacial score (nSPS) is 11.9. The Bertz CT molecular complexity index is 1400. The molecule has 0 amide bonds. The van der Waals surface area contributed by atoms with Crippen molar-refractivity contribution in [2.75, 3.05) is 38.3 Å². The predicted octanol–water partition coefficient (Wildman–Crippen LogP) is 7.35. The van der Waals surface area contributed by atoms with Crippen LogP contribution < -0.4 is 10.6 Å². The molecule has 2 heterocycles. The Morgan fingerprint density at radius 1 is 1.08 bits per heavy atom. The van der Waals surface area contributed by atoms with Gasteiger partial charge in [0.2, 0.25) is 0 Å². The van der Waals surface area contributed by atoms with Crippen molar-refractivity contribution in [1.29, 1.82) is 0 Å². The third-order valence-corrected chi connectivity index (χ3v) is 6.20. The first-order valence-corrected chi connectivity index (χ1v) is 12.4. The Balaban J connectivity index is 1.97. The molecule has 2 N–H and O–H groups in total. The van der Waals surface area contributed by atoms with Gasteiger partial charge < -0.3 is 15.5 Å². The molecule has 2 aromatic heterocycles. The Labute approximate surface area is 225 Å². The van der Waals surface area contributed by atoms with Crippen molar-refractivity contribution in [3.8, 4) is 11.3 Å². The number of likely N-dealkylation sites (N-methyl/N-ethyl adjacent to an activating group) is 1. The van der Waals surface area contributed by atoms with Crippen LogP contribution in [0.5, 0.6) is 0 Å². The number of pyridine rings is 2. The highest BCUT2D eigenvalue weighted by atomic mass is 19.1. The molecule has 38 heavy (non-hydrogen) atoms. The lowest BCUT2D eigenvalue weighted by molar-refractivity contribution is 0.449. The first-order chi connectivity index (χ1) is 18.2. The van der Waals surface area contributed by atoms with Crippen LogP contribution in [0.4, 0.5) is 15.9 Å². The third-order valence-electron chi connectivity index (χ3n) is 6.20. The van der Waals surface area contributed by atoms with Crippen LogP contribution in [-0.2, 0) is 0 Å². The van der Waals surface area contributed by atoms with Crippen molar-refractivity contribution in [2.45, 2.75) is 13.8 Å². The smallest absolute Gasteiger partial charge is 0.133 e. The molecule has 0 fully saturated rings. The van der Waals surface area contributed by atoms with Crippen molar-refractivity contribution in [1.82, 2.24) is 14.9 Å². The summed E-state index contributed by atoms with van der Waals surface area (Å²) in [6.45, 7) is 17.0. The van der Waals surface area contributed by atoms with Crippen molar-refractivity contribution >= 4 is 22.7 Å². The SMILES string of the molecule is C=C/C(=C\C(=C/C)c1cc(C(=C)C(=C)Nc2nccc(-c3ccccn3)c2C)c(NC)cc1F)CN(C)C. The standard InChI is InChI=1S/C32H36FN5/c1-9-24(20-38(7)8)17-25(10-2)28-18-27(31(34-6)19-29(28)33)21(3)23(5)37-32-22(4)26(14-16-36-32)30-13-11-12-15-35-30/h9-19,34H,1,3,5,20H2,2,4,6-8H3,(H,36,37)/b24-17+,25-10+. The van der Waals surface area contributed by atoms with Crippen LogP contribution in [0.25, 0.3) is 22.4 Å². The highest BCUT2D eigenvalue weighted by Gasteiger charge is 2.17. The second kappa shape index (κ2) is 12.8. The van der Waals surface area contributed by atoms with Crippen LogP contribution >= 0.6 is 0 Å². The molecular weight excluding hydrogens is 473 g/mol. The van der Waals surface area contributed by atoms with Crippen LogP contribution in [0.1, 0.15) is 23.6 Å². The van der Waals surface area contributed by atoms with E-state index >= 15 is 4.39 Å². The minimum atomic E-state index is -0.331. The number of hydrogen-bond donors (Lipinski definition) is 2. The van der Waals surface area contributed by atoms with E-state index in [1.165, 1.54) is 6.07 Å². The fourth-order valence-electron chi connectivity index (χ4n) is 4.14. The van der Waals surface area contributed by atoms with Crippen LogP contribution in [0.3, 0.4) is 0 Å². The van der Waals surface area contributed by atoms with Gasteiger partial charge in [0.05, 0.1) is 5.69 Å². The van der Waals surface area contributed by atoms with E-state index in [2.05, 4.69) is 40.3 Å². The molecule has 0 bridgehead atoms. The molecule has 0 aliphatic carbocycles. The largest absolute Gasteiger partial charge is 0.388 e. The quantitative estimate of drug-likeness (QED) is 0.265. The topological polar surface area (TPSA) is 53.1 Å². The van der Waals surface area contributed by atoms with Crippen LogP contribution in [0, 0.1) is 12.7 Å². The molecule has 0 spiro atoms. The minimum Gasteiger partial charge on any atom is -0.388 e. The van der Waals surface area contributed by atoms with E-state index in [-0.39, 0.29) is 5.82 Å². The molecule has 3 rings (SSSR count). The van der Waals surface area contributed by atoms with Gasteiger partial charge >= 0.3 is 0 Å². The summed E-state index contributed by atoms with van der Waals surface area (Å²) in [5.41, 5.74) is 7.52. The summed E-state index contributed by atoms with van der Waals surface area (Å²) in [5, 5.41) is 6.40. The van der Waals surface area contributed by atoms with E-state index < -0.39 is 0 Å². The number of halogens is 1. The van der Waals surface area contributed by atoms with Gasteiger partial charge in [-0.05, 0) is 75.0 Å². The zero-order chi connectivity index (χ0) is 27.8. The van der Waals surface area contributed by atoms with Crippen LogP contribution in [-0.4, -0.2) is 42.6 Å². The first-order valence-electron chi connectivity index (χ1n) is 12.4. The van der Waals surface area contributed by atoms with E-state index in [9.17, 15) is 0 Å². The Morgan fingerprint density at radius 2 is 1.84 bits per heavy atom. The minimum absolute atomic E-state index is 0.331. The van der Waals surface area contributed by atoms with Gasteiger partial charge in [0.25, 0.3) is 0 Å². The summed E-state index contributed by atoms with van der Waals surface area (Å²) in [7, 11) is 5.73.